The zero-order valence-electron chi connectivity index (χ0n) is 10.2. The zero-order chi connectivity index (χ0) is 12.5. The summed E-state index contributed by atoms with van der Waals surface area (Å²) in [6.07, 6.45) is 7.32. The van der Waals surface area contributed by atoms with Crippen LogP contribution in [0.25, 0.3) is 0 Å². The first-order chi connectivity index (χ1) is 8.72. The molecule has 94 valence electrons. The van der Waals surface area contributed by atoms with E-state index in [1.54, 1.807) is 12.1 Å². The second-order valence-electron chi connectivity index (χ2n) is 5.30. The van der Waals surface area contributed by atoms with Gasteiger partial charge in [-0.05, 0) is 54.9 Å². The van der Waals surface area contributed by atoms with Gasteiger partial charge in [0.05, 0.1) is 5.56 Å². The summed E-state index contributed by atoms with van der Waals surface area (Å²) in [5.74, 6) is 1.41. The maximum absolute atomic E-state index is 10.7. The maximum atomic E-state index is 10.7. The van der Waals surface area contributed by atoms with Crippen LogP contribution in [-0.2, 0) is 0 Å². The molecule has 1 saturated carbocycles. The number of anilines is 1. The van der Waals surface area contributed by atoms with Crippen molar-refractivity contribution in [1.82, 2.24) is 0 Å². The molecule has 1 aromatic rings. The summed E-state index contributed by atoms with van der Waals surface area (Å²) in [7, 11) is 0. The van der Waals surface area contributed by atoms with Crippen LogP contribution in [-0.4, -0.2) is 17.6 Å². The van der Waals surface area contributed by atoms with E-state index in [1.807, 2.05) is 12.1 Å². The topological polar surface area (TPSA) is 49.3 Å². The standard InChI is InChI=1S/C15H17NO2/c17-15(18)11-3-5-14(6-4-11)16-9-13-8-10-1-2-12(13)7-10/h1-6,10,12-13,16H,7-9H2,(H,17,18). The van der Waals surface area contributed by atoms with Crippen molar-refractivity contribution in [3.63, 3.8) is 0 Å². The van der Waals surface area contributed by atoms with Crippen molar-refractivity contribution in [2.45, 2.75) is 12.8 Å². The van der Waals surface area contributed by atoms with Crippen LogP contribution in [0.15, 0.2) is 36.4 Å². The number of allylic oxidation sites excluding steroid dienone is 2. The van der Waals surface area contributed by atoms with Crippen LogP contribution in [0.4, 0.5) is 5.69 Å². The third-order valence-corrected chi connectivity index (χ3v) is 4.12. The first-order valence-corrected chi connectivity index (χ1v) is 6.48. The van der Waals surface area contributed by atoms with E-state index in [1.165, 1.54) is 12.8 Å². The molecule has 2 aliphatic rings. The number of carbonyl (C=O) groups is 1. The zero-order valence-corrected chi connectivity index (χ0v) is 10.2. The Morgan fingerprint density at radius 2 is 2.00 bits per heavy atom. The lowest BCUT2D eigenvalue weighted by molar-refractivity contribution is 0.0697. The van der Waals surface area contributed by atoms with Gasteiger partial charge >= 0.3 is 5.97 Å². The molecule has 2 aliphatic carbocycles. The van der Waals surface area contributed by atoms with Crippen LogP contribution >= 0.6 is 0 Å². The summed E-state index contributed by atoms with van der Waals surface area (Å²) in [6.45, 7) is 0.984. The molecule has 1 fully saturated rings. The number of benzene rings is 1. The minimum absolute atomic E-state index is 0.336. The molecule has 0 amide bonds. The SMILES string of the molecule is O=C(O)c1ccc(NCC2CC3C=CC2C3)cc1. The predicted octanol–water partition coefficient (Wildman–Crippen LogP) is 3.01. The average molecular weight is 243 g/mol. The van der Waals surface area contributed by atoms with Gasteiger partial charge in [-0.25, -0.2) is 4.79 Å². The van der Waals surface area contributed by atoms with E-state index in [9.17, 15) is 4.79 Å². The second-order valence-corrected chi connectivity index (χ2v) is 5.30. The van der Waals surface area contributed by atoms with Crippen LogP contribution in [0, 0.1) is 17.8 Å². The van der Waals surface area contributed by atoms with E-state index >= 15 is 0 Å². The normalized spacial score (nSPS) is 28.6. The summed E-state index contributed by atoms with van der Waals surface area (Å²) < 4.78 is 0. The van der Waals surface area contributed by atoms with Gasteiger partial charge in [0, 0.05) is 12.2 Å². The van der Waals surface area contributed by atoms with Gasteiger partial charge in [0.2, 0.25) is 0 Å². The molecular weight excluding hydrogens is 226 g/mol. The summed E-state index contributed by atoms with van der Waals surface area (Å²) >= 11 is 0. The number of aromatic carboxylic acids is 1. The molecule has 0 spiro atoms. The number of carboxylic acids is 1. The van der Waals surface area contributed by atoms with Crippen molar-refractivity contribution in [2.75, 3.05) is 11.9 Å². The van der Waals surface area contributed by atoms with Gasteiger partial charge in [-0.3, -0.25) is 0 Å². The highest BCUT2D eigenvalue weighted by Crippen LogP contribution is 2.43. The third kappa shape index (κ3) is 2.13. The molecule has 3 atom stereocenters. The van der Waals surface area contributed by atoms with E-state index < -0.39 is 5.97 Å². The molecule has 0 saturated heterocycles. The molecule has 3 heteroatoms. The molecule has 1 aromatic carbocycles. The lowest BCUT2D eigenvalue weighted by atomic mass is 9.93. The third-order valence-electron chi connectivity index (χ3n) is 4.12. The van der Waals surface area contributed by atoms with Crippen molar-refractivity contribution in [3.8, 4) is 0 Å². The number of nitrogens with one attached hydrogen (secondary N) is 1. The highest BCUT2D eigenvalue weighted by atomic mass is 16.4. The first-order valence-electron chi connectivity index (χ1n) is 6.48. The van der Waals surface area contributed by atoms with Crippen molar-refractivity contribution >= 4 is 11.7 Å². The van der Waals surface area contributed by atoms with Crippen LogP contribution in [0.2, 0.25) is 0 Å². The van der Waals surface area contributed by atoms with Crippen molar-refractivity contribution < 1.29 is 9.90 Å². The quantitative estimate of drug-likeness (QED) is 0.799. The Morgan fingerprint density at radius 1 is 1.22 bits per heavy atom. The van der Waals surface area contributed by atoms with Crippen LogP contribution < -0.4 is 5.32 Å². The monoisotopic (exact) mass is 243 g/mol. The van der Waals surface area contributed by atoms with Crippen molar-refractivity contribution in [2.24, 2.45) is 17.8 Å². The lowest BCUT2D eigenvalue weighted by Crippen LogP contribution is -2.18. The number of carboxylic acid groups (broad SMARTS) is 1. The van der Waals surface area contributed by atoms with Gasteiger partial charge in [0.1, 0.15) is 0 Å². The Morgan fingerprint density at radius 3 is 2.56 bits per heavy atom. The number of hydrogen-bond acceptors (Lipinski definition) is 2. The number of hydrogen-bond donors (Lipinski definition) is 2. The van der Waals surface area contributed by atoms with E-state index in [-0.39, 0.29) is 0 Å². The molecule has 3 rings (SSSR count). The van der Waals surface area contributed by atoms with Crippen LogP contribution in [0.1, 0.15) is 23.2 Å². The minimum Gasteiger partial charge on any atom is -0.478 e. The fraction of sp³-hybridized carbons (Fsp3) is 0.400. The van der Waals surface area contributed by atoms with Crippen molar-refractivity contribution in [1.29, 1.82) is 0 Å². The molecule has 2 bridgehead atoms. The van der Waals surface area contributed by atoms with Gasteiger partial charge in [-0.15, -0.1) is 0 Å². The molecule has 0 heterocycles. The van der Waals surface area contributed by atoms with E-state index in [2.05, 4.69) is 17.5 Å². The van der Waals surface area contributed by atoms with Crippen LogP contribution in [0.3, 0.4) is 0 Å². The molecular formula is C15H17NO2. The Kier molecular flexibility index (Phi) is 2.82. The van der Waals surface area contributed by atoms with Crippen molar-refractivity contribution in [3.05, 3.63) is 42.0 Å². The molecule has 18 heavy (non-hydrogen) atoms. The lowest BCUT2D eigenvalue weighted by Gasteiger charge is -2.19. The summed E-state index contributed by atoms with van der Waals surface area (Å²) in [4.78, 5) is 10.7. The van der Waals surface area contributed by atoms with E-state index in [4.69, 9.17) is 5.11 Å². The highest BCUT2D eigenvalue weighted by Gasteiger charge is 2.35. The Labute approximate surface area is 107 Å². The first kappa shape index (κ1) is 11.3. The smallest absolute Gasteiger partial charge is 0.335 e. The Bertz CT molecular complexity index is 478. The minimum atomic E-state index is -0.875. The molecule has 0 aliphatic heterocycles. The van der Waals surface area contributed by atoms with E-state index in [0.29, 0.717) is 5.56 Å². The molecule has 2 N–H and O–H groups in total. The predicted molar refractivity (Wildman–Crippen MR) is 70.7 cm³/mol. The molecule has 3 unspecified atom stereocenters. The molecule has 0 aromatic heterocycles. The molecule has 0 radical (unpaired) electrons. The fourth-order valence-electron chi connectivity index (χ4n) is 3.11. The molecule has 3 nitrogen and oxygen atoms in total. The highest BCUT2D eigenvalue weighted by molar-refractivity contribution is 5.87. The van der Waals surface area contributed by atoms with Gasteiger partial charge in [0.25, 0.3) is 0 Å². The van der Waals surface area contributed by atoms with E-state index in [0.717, 1.165) is 30.0 Å². The van der Waals surface area contributed by atoms with Gasteiger partial charge in [-0.1, -0.05) is 12.2 Å². The maximum Gasteiger partial charge on any atom is 0.335 e. The fourth-order valence-corrected chi connectivity index (χ4v) is 3.11. The second kappa shape index (κ2) is 4.48. The summed E-state index contributed by atoms with van der Waals surface area (Å²) in [5, 5.41) is 12.2. The van der Waals surface area contributed by atoms with Gasteiger partial charge < -0.3 is 10.4 Å². The summed E-state index contributed by atoms with van der Waals surface area (Å²) in [6, 6.07) is 6.97. The number of rotatable bonds is 4. The van der Waals surface area contributed by atoms with Crippen LogP contribution in [0.5, 0.6) is 0 Å². The average Bonchev–Trinajstić information content (AvgIpc) is 2.99. The van der Waals surface area contributed by atoms with Gasteiger partial charge in [-0.2, -0.15) is 0 Å². The van der Waals surface area contributed by atoms with Gasteiger partial charge in [0.15, 0.2) is 0 Å². The Balaban J connectivity index is 1.57. The largest absolute Gasteiger partial charge is 0.478 e. The Hall–Kier alpha value is -1.77. The number of fused-ring (bicyclic) bond motifs is 2. The summed E-state index contributed by atoms with van der Waals surface area (Å²) in [5.41, 5.74) is 1.34.